The zero-order chi connectivity index (χ0) is 23.1. The number of anilines is 1. The van der Waals surface area contributed by atoms with E-state index < -0.39 is 23.9 Å². The predicted molar refractivity (Wildman–Crippen MR) is 124 cm³/mol. The van der Waals surface area contributed by atoms with Crippen LogP contribution in [0, 0.1) is 13.8 Å². The summed E-state index contributed by atoms with van der Waals surface area (Å²) < 4.78 is 5.46. The number of esters is 1. The molecule has 2 amide bonds. The molecular formula is C25H23ClN2O4. The van der Waals surface area contributed by atoms with E-state index in [0.717, 1.165) is 11.1 Å². The Labute approximate surface area is 191 Å². The average molecular weight is 451 g/mol. The summed E-state index contributed by atoms with van der Waals surface area (Å²) in [5.41, 5.74) is 3.39. The molecule has 3 rings (SSSR count). The molecule has 3 aromatic rings. The molecule has 2 N–H and O–H groups in total. The van der Waals surface area contributed by atoms with Crippen LogP contribution in [0.2, 0.25) is 5.02 Å². The maximum atomic E-state index is 13.0. The predicted octanol–water partition coefficient (Wildman–Crippen LogP) is 4.61. The Hall–Kier alpha value is -3.64. The van der Waals surface area contributed by atoms with Gasteiger partial charge in [-0.1, -0.05) is 54.1 Å². The Morgan fingerprint density at radius 3 is 2.31 bits per heavy atom. The van der Waals surface area contributed by atoms with Crippen LogP contribution < -0.4 is 10.6 Å². The lowest BCUT2D eigenvalue weighted by Crippen LogP contribution is -2.33. The molecule has 7 heteroatoms. The summed E-state index contributed by atoms with van der Waals surface area (Å²) in [6.07, 6.45) is -1.17. The zero-order valence-corrected chi connectivity index (χ0v) is 18.5. The Morgan fingerprint density at radius 1 is 0.938 bits per heavy atom. The molecule has 0 radical (unpaired) electrons. The summed E-state index contributed by atoms with van der Waals surface area (Å²) >= 11 is 5.82. The van der Waals surface area contributed by atoms with Crippen molar-refractivity contribution in [3.63, 3.8) is 0 Å². The fourth-order valence-electron chi connectivity index (χ4n) is 3.00. The van der Waals surface area contributed by atoms with Crippen molar-refractivity contribution < 1.29 is 19.1 Å². The van der Waals surface area contributed by atoms with Crippen molar-refractivity contribution in [3.8, 4) is 0 Å². The third-order valence-electron chi connectivity index (χ3n) is 4.74. The van der Waals surface area contributed by atoms with Gasteiger partial charge in [-0.15, -0.1) is 0 Å². The third kappa shape index (κ3) is 6.18. The van der Waals surface area contributed by atoms with E-state index in [-0.39, 0.29) is 6.54 Å². The molecule has 0 bridgehead atoms. The number of halogens is 1. The Bertz CT molecular complexity index is 1110. The van der Waals surface area contributed by atoms with E-state index in [9.17, 15) is 14.4 Å². The normalized spacial score (nSPS) is 11.3. The summed E-state index contributed by atoms with van der Waals surface area (Å²) in [4.78, 5) is 37.7. The summed E-state index contributed by atoms with van der Waals surface area (Å²) in [5, 5.41) is 5.83. The van der Waals surface area contributed by atoms with E-state index in [1.54, 1.807) is 54.6 Å². The molecule has 0 saturated carbocycles. The first-order valence-corrected chi connectivity index (χ1v) is 10.4. The SMILES string of the molecule is Cc1ccc(C)c(NC(=O)[C@H](OC(=O)CNC(=O)c2ccc(Cl)cc2)c2ccccc2)c1. The number of benzene rings is 3. The lowest BCUT2D eigenvalue weighted by Gasteiger charge is -2.19. The number of aryl methyl sites for hydroxylation is 2. The highest BCUT2D eigenvalue weighted by atomic mass is 35.5. The molecule has 0 spiro atoms. The fourth-order valence-corrected chi connectivity index (χ4v) is 3.12. The van der Waals surface area contributed by atoms with E-state index in [1.807, 2.05) is 32.0 Å². The first-order chi connectivity index (χ1) is 15.3. The molecule has 6 nitrogen and oxygen atoms in total. The molecule has 0 unspecified atom stereocenters. The first-order valence-electron chi connectivity index (χ1n) is 10.00. The quantitative estimate of drug-likeness (QED) is 0.515. The summed E-state index contributed by atoms with van der Waals surface area (Å²) in [7, 11) is 0. The Morgan fingerprint density at radius 2 is 1.62 bits per heavy atom. The van der Waals surface area contributed by atoms with Crippen molar-refractivity contribution >= 4 is 35.1 Å². The van der Waals surface area contributed by atoms with Gasteiger partial charge in [-0.3, -0.25) is 14.4 Å². The first kappa shape index (κ1) is 23.0. The van der Waals surface area contributed by atoms with E-state index in [2.05, 4.69) is 10.6 Å². The minimum Gasteiger partial charge on any atom is -0.446 e. The van der Waals surface area contributed by atoms with Crippen LogP contribution in [0.4, 0.5) is 5.69 Å². The third-order valence-corrected chi connectivity index (χ3v) is 4.99. The van der Waals surface area contributed by atoms with E-state index >= 15 is 0 Å². The zero-order valence-electron chi connectivity index (χ0n) is 17.7. The van der Waals surface area contributed by atoms with Crippen molar-refractivity contribution in [2.45, 2.75) is 20.0 Å². The van der Waals surface area contributed by atoms with Crippen molar-refractivity contribution in [2.75, 3.05) is 11.9 Å². The Kier molecular flexibility index (Phi) is 7.63. The summed E-state index contributed by atoms with van der Waals surface area (Å²) in [5.74, 6) is -1.67. The van der Waals surface area contributed by atoms with Gasteiger partial charge in [0.25, 0.3) is 11.8 Å². The van der Waals surface area contributed by atoms with E-state index in [1.165, 1.54) is 0 Å². The number of hydrogen-bond acceptors (Lipinski definition) is 4. The van der Waals surface area contributed by atoms with Crippen LogP contribution in [0.25, 0.3) is 0 Å². The van der Waals surface area contributed by atoms with Gasteiger partial charge < -0.3 is 15.4 Å². The van der Waals surface area contributed by atoms with Gasteiger partial charge in [0, 0.05) is 21.8 Å². The van der Waals surface area contributed by atoms with Crippen LogP contribution in [0.3, 0.4) is 0 Å². The average Bonchev–Trinajstić information content (AvgIpc) is 2.79. The van der Waals surface area contributed by atoms with Gasteiger partial charge in [0.2, 0.25) is 6.10 Å². The van der Waals surface area contributed by atoms with Crippen LogP contribution in [0.5, 0.6) is 0 Å². The number of carbonyl (C=O) groups is 3. The largest absolute Gasteiger partial charge is 0.446 e. The monoisotopic (exact) mass is 450 g/mol. The molecule has 0 aliphatic rings. The molecular weight excluding hydrogens is 428 g/mol. The van der Waals surface area contributed by atoms with Gasteiger partial charge in [0.1, 0.15) is 6.54 Å². The van der Waals surface area contributed by atoms with E-state index in [0.29, 0.717) is 21.8 Å². The number of nitrogens with one attached hydrogen (secondary N) is 2. The molecule has 164 valence electrons. The fraction of sp³-hybridized carbons (Fsp3) is 0.160. The number of ether oxygens (including phenoxy) is 1. The molecule has 0 aliphatic carbocycles. The molecule has 0 aromatic heterocycles. The molecule has 32 heavy (non-hydrogen) atoms. The second kappa shape index (κ2) is 10.6. The molecule has 0 heterocycles. The molecule has 0 fully saturated rings. The standard InChI is InChI=1S/C25H23ClN2O4/c1-16-8-9-17(2)21(14-16)28-25(31)23(18-6-4-3-5-7-18)32-22(29)15-27-24(30)19-10-12-20(26)13-11-19/h3-14,23H,15H2,1-2H3,(H,27,30)(H,28,31)/t23-/m1/s1. The second-order valence-corrected chi connectivity index (χ2v) is 7.71. The minimum absolute atomic E-state index is 0.356. The molecule has 1 atom stereocenters. The lowest BCUT2D eigenvalue weighted by molar-refractivity contribution is -0.153. The molecule has 0 aliphatic heterocycles. The van der Waals surface area contributed by atoms with Crippen LogP contribution >= 0.6 is 11.6 Å². The number of hydrogen-bond donors (Lipinski definition) is 2. The van der Waals surface area contributed by atoms with Gasteiger partial charge in [0.05, 0.1) is 0 Å². The van der Waals surface area contributed by atoms with Crippen molar-refractivity contribution in [2.24, 2.45) is 0 Å². The van der Waals surface area contributed by atoms with Crippen LogP contribution in [-0.4, -0.2) is 24.3 Å². The van der Waals surface area contributed by atoms with Crippen molar-refractivity contribution in [3.05, 3.63) is 100 Å². The second-order valence-electron chi connectivity index (χ2n) is 7.28. The number of carbonyl (C=O) groups excluding carboxylic acids is 3. The maximum Gasteiger partial charge on any atom is 0.326 e. The van der Waals surface area contributed by atoms with Crippen LogP contribution in [-0.2, 0) is 14.3 Å². The lowest BCUT2D eigenvalue weighted by atomic mass is 10.1. The van der Waals surface area contributed by atoms with Gasteiger partial charge in [0.15, 0.2) is 0 Å². The minimum atomic E-state index is -1.17. The van der Waals surface area contributed by atoms with Crippen molar-refractivity contribution in [1.82, 2.24) is 5.32 Å². The van der Waals surface area contributed by atoms with Gasteiger partial charge >= 0.3 is 5.97 Å². The maximum absolute atomic E-state index is 13.0. The van der Waals surface area contributed by atoms with Crippen LogP contribution in [0.15, 0.2) is 72.8 Å². The van der Waals surface area contributed by atoms with Crippen LogP contribution in [0.1, 0.15) is 33.2 Å². The van der Waals surface area contributed by atoms with Crippen molar-refractivity contribution in [1.29, 1.82) is 0 Å². The number of rotatable bonds is 7. The van der Waals surface area contributed by atoms with Gasteiger partial charge in [-0.2, -0.15) is 0 Å². The van der Waals surface area contributed by atoms with Gasteiger partial charge in [-0.25, -0.2) is 0 Å². The number of amides is 2. The molecule has 3 aromatic carbocycles. The summed E-state index contributed by atoms with van der Waals surface area (Å²) in [6, 6.07) is 20.7. The topological polar surface area (TPSA) is 84.5 Å². The Balaban J connectivity index is 1.69. The van der Waals surface area contributed by atoms with E-state index in [4.69, 9.17) is 16.3 Å². The summed E-state index contributed by atoms with van der Waals surface area (Å²) in [6.45, 7) is 3.42. The highest BCUT2D eigenvalue weighted by molar-refractivity contribution is 6.30. The smallest absolute Gasteiger partial charge is 0.326 e. The highest BCUT2D eigenvalue weighted by Crippen LogP contribution is 2.22. The van der Waals surface area contributed by atoms with Gasteiger partial charge in [-0.05, 0) is 55.3 Å². The molecule has 0 saturated heterocycles. The highest BCUT2D eigenvalue weighted by Gasteiger charge is 2.25.